The Balaban J connectivity index is 2.24. The second-order valence-corrected chi connectivity index (χ2v) is 6.62. The summed E-state index contributed by atoms with van der Waals surface area (Å²) in [5.41, 5.74) is -0.332. The largest absolute Gasteiger partial charge is 0.483 e. The zero-order chi connectivity index (χ0) is 17.0. The van der Waals surface area contributed by atoms with Gasteiger partial charge in [0.1, 0.15) is 5.75 Å². The highest BCUT2D eigenvalue weighted by atomic mass is 16.5. The van der Waals surface area contributed by atoms with Crippen LogP contribution in [0.1, 0.15) is 34.1 Å². The van der Waals surface area contributed by atoms with Crippen LogP contribution in [0.4, 0.5) is 0 Å². The van der Waals surface area contributed by atoms with Crippen LogP contribution in [0.15, 0.2) is 35.3 Å². The van der Waals surface area contributed by atoms with Gasteiger partial charge < -0.3 is 14.6 Å². The molecule has 0 fully saturated rings. The summed E-state index contributed by atoms with van der Waals surface area (Å²) in [6.45, 7) is 8.39. The Bertz CT molecular complexity index is 757. The van der Waals surface area contributed by atoms with E-state index in [1.807, 2.05) is 33.8 Å². The first kappa shape index (κ1) is 17.1. The maximum Gasteiger partial charge on any atom is 0.258 e. The van der Waals surface area contributed by atoms with E-state index in [2.05, 4.69) is 5.32 Å². The van der Waals surface area contributed by atoms with Gasteiger partial charge in [-0.25, -0.2) is 0 Å². The molecule has 23 heavy (non-hydrogen) atoms. The molecule has 0 aliphatic rings. The fourth-order valence-corrected chi connectivity index (χ4v) is 2.43. The van der Waals surface area contributed by atoms with Gasteiger partial charge >= 0.3 is 0 Å². The van der Waals surface area contributed by atoms with Gasteiger partial charge in [0, 0.05) is 23.7 Å². The molecule has 1 amide bonds. The fourth-order valence-electron chi connectivity index (χ4n) is 2.43. The zero-order valence-corrected chi connectivity index (χ0v) is 14.2. The molecule has 5 heteroatoms. The van der Waals surface area contributed by atoms with Crippen molar-refractivity contribution >= 4 is 16.7 Å². The van der Waals surface area contributed by atoms with Gasteiger partial charge in [0.2, 0.25) is 0 Å². The van der Waals surface area contributed by atoms with E-state index in [4.69, 9.17) is 4.74 Å². The molecule has 0 spiro atoms. The molecule has 0 bridgehead atoms. The van der Waals surface area contributed by atoms with Crippen molar-refractivity contribution in [2.45, 2.75) is 46.2 Å². The van der Waals surface area contributed by atoms with Gasteiger partial charge in [-0.05, 0) is 45.4 Å². The normalized spacial score (nSPS) is 11.5. The molecule has 0 atom stereocenters. The summed E-state index contributed by atoms with van der Waals surface area (Å²) in [5.74, 6) is 0.362. The Morgan fingerprint density at radius 3 is 2.61 bits per heavy atom. The van der Waals surface area contributed by atoms with Gasteiger partial charge in [-0.15, -0.1) is 0 Å². The van der Waals surface area contributed by atoms with E-state index >= 15 is 0 Å². The predicted molar refractivity (Wildman–Crippen MR) is 91.9 cm³/mol. The van der Waals surface area contributed by atoms with Crippen molar-refractivity contribution in [1.82, 2.24) is 9.88 Å². The maximum absolute atomic E-state index is 12.4. The molecule has 2 aromatic rings. The number of rotatable bonds is 5. The number of hydrogen-bond acceptors (Lipinski definition) is 3. The van der Waals surface area contributed by atoms with E-state index in [0.29, 0.717) is 17.7 Å². The fraction of sp³-hybridized carbons (Fsp3) is 0.444. The summed E-state index contributed by atoms with van der Waals surface area (Å²) in [7, 11) is 0. The highest BCUT2D eigenvalue weighted by Crippen LogP contribution is 2.23. The lowest BCUT2D eigenvalue weighted by Crippen LogP contribution is -2.43. The van der Waals surface area contributed by atoms with Gasteiger partial charge in [-0.3, -0.25) is 9.59 Å². The van der Waals surface area contributed by atoms with Crippen molar-refractivity contribution in [3.63, 3.8) is 0 Å². The van der Waals surface area contributed by atoms with Crippen molar-refractivity contribution in [2.24, 2.45) is 0 Å². The van der Waals surface area contributed by atoms with E-state index in [-0.39, 0.29) is 23.6 Å². The minimum atomic E-state index is -0.299. The van der Waals surface area contributed by atoms with Crippen LogP contribution >= 0.6 is 0 Å². The first-order valence-corrected chi connectivity index (χ1v) is 7.88. The number of ether oxygens (including phenoxy) is 1. The number of benzene rings is 1. The number of amides is 1. The quantitative estimate of drug-likeness (QED) is 0.922. The molecule has 1 aromatic heterocycles. The monoisotopic (exact) mass is 316 g/mol. The van der Waals surface area contributed by atoms with Crippen molar-refractivity contribution in [3.8, 4) is 5.75 Å². The first-order valence-electron chi connectivity index (χ1n) is 7.88. The average molecular weight is 316 g/mol. The molecule has 0 aliphatic carbocycles. The molecular formula is C18H24N2O3. The van der Waals surface area contributed by atoms with Gasteiger partial charge in [0.15, 0.2) is 6.61 Å². The van der Waals surface area contributed by atoms with Gasteiger partial charge in [0.25, 0.3) is 11.5 Å². The summed E-state index contributed by atoms with van der Waals surface area (Å²) >= 11 is 0. The number of carbonyl (C=O) groups excluding carboxylic acids is 1. The predicted octanol–water partition coefficient (Wildman–Crippen LogP) is 2.71. The first-order chi connectivity index (χ1) is 10.8. The number of aryl methyl sites for hydroxylation is 1. The minimum Gasteiger partial charge on any atom is -0.483 e. The molecule has 0 unspecified atom stereocenters. The second kappa shape index (κ2) is 6.86. The van der Waals surface area contributed by atoms with E-state index < -0.39 is 0 Å². The summed E-state index contributed by atoms with van der Waals surface area (Å²) < 4.78 is 7.31. The summed E-state index contributed by atoms with van der Waals surface area (Å²) in [4.78, 5) is 24.3. The van der Waals surface area contributed by atoms with Crippen LogP contribution in [-0.4, -0.2) is 22.6 Å². The van der Waals surface area contributed by atoms with Crippen molar-refractivity contribution in [2.75, 3.05) is 6.61 Å². The minimum absolute atomic E-state index is 0.0334. The van der Waals surface area contributed by atoms with Gasteiger partial charge in [-0.1, -0.05) is 13.0 Å². The Morgan fingerprint density at radius 1 is 1.22 bits per heavy atom. The second-order valence-electron chi connectivity index (χ2n) is 6.62. The molecule has 0 radical (unpaired) electrons. The standard InChI is InChI=1S/C18H24N2O3/c1-5-10-20-11-9-13-14(17(20)22)7-6-8-15(13)23-12-16(21)19-18(2,3)4/h6-9,11H,5,10,12H2,1-4H3,(H,19,21). The molecule has 0 saturated heterocycles. The zero-order valence-electron chi connectivity index (χ0n) is 14.2. The van der Waals surface area contributed by atoms with Crippen LogP contribution in [0.25, 0.3) is 10.8 Å². The van der Waals surface area contributed by atoms with Crippen LogP contribution in [0.2, 0.25) is 0 Å². The summed E-state index contributed by atoms with van der Waals surface area (Å²) in [6.07, 6.45) is 2.67. The number of hydrogen-bond donors (Lipinski definition) is 1. The van der Waals surface area contributed by atoms with Crippen LogP contribution < -0.4 is 15.6 Å². The Kier molecular flexibility index (Phi) is 5.08. The van der Waals surface area contributed by atoms with Gasteiger partial charge in [-0.2, -0.15) is 0 Å². The van der Waals surface area contributed by atoms with E-state index in [0.717, 1.165) is 11.8 Å². The SMILES string of the molecule is CCCn1ccc2c(OCC(=O)NC(C)(C)C)cccc2c1=O. The highest BCUT2D eigenvalue weighted by molar-refractivity contribution is 5.88. The molecule has 0 saturated carbocycles. The van der Waals surface area contributed by atoms with Crippen LogP contribution in [0.5, 0.6) is 5.75 Å². The topological polar surface area (TPSA) is 60.3 Å². The van der Waals surface area contributed by atoms with Crippen molar-refractivity contribution in [3.05, 3.63) is 40.8 Å². The maximum atomic E-state index is 12.4. The number of nitrogens with one attached hydrogen (secondary N) is 1. The van der Waals surface area contributed by atoms with Crippen molar-refractivity contribution < 1.29 is 9.53 Å². The molecule has 124 valence electrons. The average Bonchev–Trinajstić information content (AvgIpc) is 2.46. The smallest absolute Gasteiger partial charge is 0.258 e. The number of nitrogens with zero attached hydrogens (tertiary/aromatic N) is 1. The Hall–Kier alpha value is -2.30. The third-order valence-corrected chi connectivity index (χ3v) is 3.32. The van der Waals surface area contributed by atoms with E-state index in [1.165, 1.54) is 0 Å². The number of pyridine rings is 1. The molecule has 0 aliphatic heterocycles. The molecule has 1 aromatic carbocycles. The molecule has 1 N–H and O–H groups in total. The lowest BCUT2D eigenvalue weighted by atomic mass is 10.1. The van der Waals surface area contributed by atoms with E-state index in [9.17, 15) is 9.59 Å². The molecule has 2 rings (SSSR count). The Morgan fingerprint density at radius 2 is 1.96 bits per heavy atom. The molecular weight excluding hydrogens is 292 g/mol. The van der Waals surface area contributed by atoms with E-state index in [1.54, 1.807) is 29.0 Å². The Labute approximate surface area is 136 Å². The highest BCUT2D eigenvalue weighted by Gasteiger charge is 2.15. The number of carbonyl (C=O) groups is 1. The third-order valence-electron chi connectivity index (χ3n) is 3.32. The van der Waals surface area contributed by atoms with Gasteiger partial charge in [0.05, 0.1) is 5.39 Å². The lowest BCUT2D eigenvalue weighted by molar-refractivity contribution is -0.124. The summed E-state index contributed by atoms with van der Waals surface area (Å²) in [6, 6.07) is 7.20. The summed E-state index contributed by atoms with van der Waals surface area (Å²) in [5, 5.41) is 4.18. The van der Waals surface area contributed by atoms with Crippen LogP contribution in [0, 0.1) is 0 Å². The molecule has 1 heterocycles. The number of fused-ring (bicyclic) bond motifs is 1. The number of aromatic nitrogens is 1. The van der Waals surface area contributed by atoms with Crippen LogP contribution in [0.3, 0.4) is 0 Å². The third kappa shape index (κ3) is 4.34. The molecule has 5 nitrogen and oxygen atoms in total. The van der Waals surface area contributed by atoms with Crippen LogP contribution in [-0.2, 0) is 11.3 Å². The lowest BCUT2D eigenvalue weighted by Gasteiger charge is -2.20. The van der Waals surface area contributed by atoms with Crippen molar-refractivity contribution in [1.29, 1.82) is 0 Å².